The van der Waals surface area contributed by atoms with Crippen LogP contribution in [-0.2, 0) is 4.74 Å². The molecule has 1 heterocycles. The van der Waals surface area contributed by atoms with Crippen molar-refractivity contribution in [1.82, 2.24) is 4.98 Å². The quantitative estimate of drug-likeness (QED) is 0.808. The van der Waals surface area contributed by atoms with Crippen LogP contribution < -0.4 is 5.32 Å². The van der Waals surface area contributed by atoms with Gasteiger partial charge in [0.1, 0.15) is 0 Å². The summed E-state index contributed by atoms with van der Waals surface area (Å²) in [6, 6.07) is 1.95. The standard InChI is InChI=1S/C11H15BrN2O/c12-10-7-13-4-3-11(10)14-5-6-15-8-9-1-2-9/h3-4,7,9H,1-2,5-6,8H2,(H,13,14). The Morgan fingerprint density at radius 1 is 1.53 bits per heavy atom. The second-order valence-electron chi connectivity index (χ2n) is 3.80. The van der Waals surface area contributed by atoms with E-state index in [9.17, 15) is 0 Å². The third-order valence-electron chi connectivity index (χ3n) is 2.38. The SMILES string of the molecule is Brc1cnccc1NCCOCC1CC1. The smallest absolute Gasteiger partial charge is 0.0639 e. The zero-order valence-electron chi connectivity index (χ0n) is 8.58. The third-order valence-corrected chi connectivity index (χ3v) is 3.02. The average molecular weight is 271 g/mol. The summed E-state index contributed by atoms with van der Waals surface area (Å²) in [7, 11) is 0. The lowest BCUT2D eigenvalue weighted by molar-refractivity contribution is 0.134. The van der Waals surface area contributed by atoms with Gasteiger partial charge < -0.3 is 10.1 Å². The van der Waals surface area contributed by atoms with Crippen molar-refractivity contribution < 1.29 is 4.74 Å². The lowest BCUT2D eigenvalue weighted by Crippen LogP contribution is -2.10. The van der Waals surface area contributed by atoms with Crippen LogP contribution in [0.3, 0.4) is 0 Å². The molecule has 0 aromatic carbocycles. The molecule has 1 aliphatic carbocycles. The first-order valence-corrected chi connectivity index (χ1v) is 6.06. The normalized spacial score (nSPS) is 15.3. The topological polar surface area (TPSA) is 34.2 Å². The Bertz CT molecular complexity index is 315. The lowest BCUT2D eigenvalue weighted by atomic mass is 10.4. The fourth-order valence-corrected chi connectivity index (χ4v) is 1.70. The van der Waals surface area contributed by atoms with Gasteiger partial charge in [-0.2, -0.15) is 0 Å². The van der Waals surface area contributed by atoms with Crippen molar-refractivity contribution in [2.75, 3.05) is 25.1 Å². The van der Waals surface area contributed by atoms with Crippen LogP contribution in [-0.4, -0.2) is 24.7 Å². The minimum Gasteiger partial charge on any atom is -0.382 e. The van der Waals surface area contributed by atoms with Crippen LogP contribution >= 0.6 is 15.9 Å². The number of anilines is 1. The van der Waals surface area contributed by atoms with E-state index in [0.717, 1.165) is 35.8 Å². The Morgan fingerprint density at radius 3 is 3.13 bits per heavy atom. The minimum atomic E-state index is 0.769. The lowest BCUT2D eigenvalue weighted by Gasteiger charge is -2.08. The van der Waals surface area contributed by atoms with Gasteiger partial charge in [-0.05, 0) is 40.8 Å². The molecule has 0 aliphatic heterocycles. The first kappa shape index (κ1) is 10.9. The van der Waals surface area contributed by atoms with Crippen molar-refractivity contribution in [3.05, 3.63) is 22.9 Å². The highest BCUT2D eigenvalue weighted by atomic mass is 79.9. The van der Waals surface area contributed by atoms with Crippen LogP contribution in [0, 0.1) is 5.92 Å². The molecule has 4 heteroatoms. The Morgan fingerprint density at radius 2 is 2.40 bits per heavy atom. The molecule has 1 N–H and O–H groups in total. The summed E-state index contributed by atoms with van der Waals surface area (Å²) in [6.45, 7) is 2.54. The fourth-order valence-electron chi connectivity index (χ4n) is 1.31. The summed E-state index contributed by atoms with van der Waals surface area (Å²) < 4.78 is 6.52. The molecule has 0 bridgehead atoms. The molecule has 0 spiro atoms. The second-order valence-corrected chi connectivity index (χ2v) is 4.65. The summed E-state index contributed by atoms with van der Waals surface area (Å²) in [5.41, 5.74) is 1.07. The Balaban J connectivity index is 1.62. The molecule has 0 unspecified atom stereocenters. The Hall–Kier alpha value is -0.610. The summed E-state index contributed by atoms with van der Waals surface area (Å²) in [5, 5.41) is 3.30. The maximum absolute atomic E-state index is 5.53. The van der Waals surface area contributed by atoms with Gasteiger partial charge in [0.25, 0.3) is 0 Å². The highest BCUT2D eigenvalue weighted by Crippen LogP contribution is 2.28. The molecular weight excluding hydrogens is 256 g/mol. The molecule has 1 fully saturated rings. The predicted molar refractivity (Wildman–Crippen MR) is 64.0 cm³/mol. The number of hydrogen-bond acceptors (Lipinski definition) is 3. The van der Waals surface area contributed by atoms with Gasteiger partial charge in [-0.1, -0.05) is 0 Å². The largest absolute Gasteiger partial charge is 0.382 e. The van der Waals surface area contributed by atoms with Crippen LogP contribution in [0.5, 0.6) is 0 Å². The number of rotatable bonds is 6. The van der Waals surface area contributed by atoms with Gasteiger partial charge in [-0.25, -0.2) is 0 Å². The predicted octanol–water partition coefficient (Wildman–Crippen LogP) is 2.68. The summed E-state index contributed by atoms with van der Waals surface area (Å²) in [5.74, 6) is 0.845. The highest BCUT2D eigenvalue weighted by molar-refractivity contribution is 9.10. The monoisotopic (exact) mass is 270 g/mol. The van der Waals surface area contributed by atoms with Crippen molar-refractivity contribution in [3.63, 3.8) is 0 Å². The number of hydrogen-bond donors (Lipinski definition) is 1. The Kier molecular flexibility index (Phi) is 3.97. The molecule has 3 nitrogen and oxygen atoms in total. The van der Waals surface area contributed by atoms with Gasteiger partial charge in [0.15, 0.2) is 0 Å². The van der Waals surface area contributed by atoms with Crippen molar-refractivity contribution in [3.8, 4) is 0 Å². The van der Waals surface area contributed by atoms with Gasteiger partial charge in [-0.15, -0.1) is 0 Å². The first-order valence-electron chi connectivity index (χ1n) is 5.27. The van der Waals surface area contributed by atoms with Crippen LogP contribution in [0.4, 0.5) is 5.69 Å². The fraction of sp³-hybridized carbons (Fsp3) is 0.545. The molecular formula is C11H15BrN2O. The number of ether oxygens (including phenoxy) is 1. The van der Waals surface area contributed by atoms with E-state index >= 15 is 0 Å². The van der Waals surface area contributed by atoms with Crippen LogP contribution in [0.15, 0.2) is 22.9 Å². The van der Waals surface area contributed by atoms with E-state index in [0.29, 0.717) is 0 Å². The maximum atomic E-state index is 5.53. The summed E-state index contributed by atoms with van der Waals surface area (Å²) >= 11 is 3.43. The molecule has 0 amide bonds. The van der Waals surface area contributed by atoms with Crippen LogP contribution in [0.1, 0.15) is 12.8 Å². The van der Waals surface area contributed by atoms with Crippen molar-refractivity contribution in [2.45, 2.75) is 12.8 Å². The molecule has 0 saturated heterocycles. The number of pyridine rings is 1. The molecule has 15 heavy (non-hydrogen) atoms. The van der Waals surface area contributed by atoms with Crippen molar-refractivity contribution >= 4 is 21.6 Å². The molecule has 0 radical (unpaired) electrons. The molecule has 1 aliphatic rings. The summed E-state index contributed by atoms with van der Waals surface area (Å²) in [4.78, 5) is 4.00. The van der Waals surface area contributed by atoms with E-state index in [1.807, 2.05) is 6.07 Å². The molecule has 2 rings (SSSR count). The number of halogens is 1. The minimum absolute atomic E-state index is 0.769. The van der Waals surface area contributed by atoms with E-state index < -0.39 is 0 Å². The zero-order chi connectivity index (χ0) is 10.5. The van der Waals surface area contributed by atoms with Gasteiger partial charge in [0.05, 0.1) is 16.8 Å². The third kappa shape index (κ3) is 3.80. The van der Waals surface area contributed by atoms with Crippen molar-refractivity contribution in [2.24, 2.45) is 5.92 Å². The zero-order valence-corrected chi connectivity index (χ0v) is 10.2. The molecule has 1 aromatic heterocycles. The highest BCUT2D eigenvalue weighted by Gasteiger charge is 2.20. The van der Waals surface area contributed by atoms with Crippen molar-refractivity contribution in [1.29, 1.82) is 0 Å². The van der Waals surface area contributed by atoms with E-state index in [2.05, 4.69) is 26.2 Å². The van der Waals surface area contributed by atoms with E-state index in [1.54, 1.807) is 12.4 Å². The van der Waals surface area contributed by atoms with Gasteiger partial charge in [-0.3, -0.25) is 4.98 Å². The number of aromatic nitrogens is 1. The molecule has 0 atom stereocenters. The van der Waals surface area contributed by atoms with Gasteiger partial charge in [0.2, 0.25) is 0 Å². The number of nitrogens with zero attached hydrogens (tertiary/aromatic N) is 1. The molecule has 1 aromatic rings. The summed E-state index contributed by atoms with van der Waals surface area (Å²) in [6.07, 6.45) is 6.26. The van der Waals surface area contributed by atoms with Gasteiger partial charge >= 0.3 is 0 Å². The molecule has 82 valence electrons. The average Bonchev–Trinajstić information content (AvgIpc) is 3.04. The van der Waals surface area contributed by atoms with Crippen LogP contribution in [0.2, 0.25) is 0 Å². The second kappa shape index (κ2) is 5.47. The van der Waals surface area contributed by atoms with E-state index in [-0.39, 0.29) is 0 Å². The van der Waals surface area contributed by atoms with E-state index in [1.165, 1.54) is 12.8 Å². The van der Waals surface area contributed by atoms with Gasteiger partial charge in [0, 0.05) is 25.5 Å². The maximum Gasteiger partial charge on any atom is 0.0639 e. The molecule has 1 saturated carbocycles. The van der Waals surface area contributed by atoms with Crippen LogP contribution in [0.25, 0.3) is 0 Å². The first-order chi connectivity index (χ1) is 7.36. The van der Waals surface area contributed by atoms with E-state index in [4.69, 9.17) is 4.74 Å². The Labute approximate surface area is 98.4 Å². The number of nitrogens with one attached hydrogen (secondary N) is 1.